The first kappa shape index (κ1) is 18.7. The number of carbonyl (C=O) groups is 3. The molecule has 1 aliphatic rings. The van der Waals surface area contributed by atoms with Gasteiger partial charge in [-0.2, -0.15) is 0 Å². The van der Waals surface area contributed by atoms with E-state index >= 15 is 0 Å². The summed E-state index contributed by atoms with van der Waals surface area (Å²) in [5, 5.41) is 12.4. The molecule has 0 spiro atoms. The van der Waals surface area contributed by atoms with E-state index in [1.807, 2.05) is 6.07 Å². The highest BCUT2D eigenvalue weighted by atomic mass is 16.4. The average molecular weight is 370 g/mol. The Hall–Kier alpha value is -3.09. The van der Waals surface area contributed by atoms with Crippen molar-refractivity contribution in [3.63, 3.8) is 0 Å². The number of hydrogen-bond acceptors (Lipinski definition) is 4. The summed E-state index contributed by atoms with van der Waals surface area (Å²) in [6.07, 6.45) is 1.65. The number of carboxylic acid groups (broad SMARTS) is 1. The van der Waals surface area contributed by atoms with Crippen LogP contribution in [0.1, 0.15) is 24.7 Å². The van der Waals surface area contributed by atoms with Crippen LogP contribution in [0.2, 0.25) is 0 Å². The summed E-state index contributed by atoms with van der Waals surface area (Å²) in [6, 6.07) is 12.3. The molecule has 2 atom stereocenters. The second kappa shape index (κ2) is 7.65. The number of aliphatic carboxylic acids is 1. The predicted octanol–water partition coefficient (Wildman–Crippen LogP) is 1.79. The van der Waals surface area contributed by atoms with Crippen LogP contribution in [-0.4, -0.2) is 40.9 Å². The molecule has 0 saturated carbocycles. The maximum atomic E-state index is 12.5. The summed E-state index contributed by atoms with van der Waals surface area (Å²) in [6.45, 7) is 2.15. The number of amides is 2. The van der Waals surface area contributed by atoms with Crippen molar-refractivity contribution in [1.29, 1.82) is 0 Å². The molecule has 1 saturated heterocycles. The van der Waals surface area contributed by atoms with Crippen molar-refractivity contribution < 1.29 is 23.9 Å². The highest BCUT2D eigenvalue weighted by Crippen LogP contribution is 2.25. The third-order valence-corrected chi connectivity index (χ3v) is 5.01. The first-order valence-corrected chi connectivity index (χ1v) is 8.77. The largest absolute Gasteiger partial charge is 0.481 e. The quantitative estimate of drug-likeness (QED) is 0.774. The van der Waals surface area contributed by atoms with Crippen molar-refractivity contribution in [3.8, 4) is 0 Å². The smallest absolute Gasteiger partial charge is 0.315 e. The number of carboxylic acids is 1. The van der Waals surface area contributed by atoms with Crippen LogP contribution in [0.4, 0.5) is 0 Å². The van der Waals surface area contributed by atoms with Gasteiger partial charge in [0.25, 0.3) is 0 Å². The molecule has 0 radical (unpaired) electrons. The number of hydrogen-bond donors (Lipinski definition) is 2. The molecule has 0 aliphatic carbocycles. The topological polar surface area (TPSA) is 99.9 Å². The molecule has 7 nitrogen and oxygen atoms in total. The Morgan fingerprint density at radius 3 is 2.63 bits per heavy atom. The Kier molecular flexibility index (Phi) is 5.30. The molecular formula is C20H22N2O5. The molecular weight excluding hydrogens is 348 g/mol. The Bertz CT molecular complexity index is 818. The van der Waals surface area contributed by atoms with E-state index in [0.29, 0.717) is 24.4 Å². The van der Waals surface area contributed by atoms with Crippen LogP contribution in [0.5, 0.6) is 0 Å². The number of furan rings is 1. The van der Waals surface area contributed by atoms with Gasteiger partial charge in [-0.05, 0) is 24.6 Å². The van der Waals surface area contributed by atoms with Gasteiger partial charge in [-0.25, -0.2) is 0 Å². The third kappa shape index (κ3) is 4.02. The zero-order chi connectivity index (χ0) is 19.4. The van der Waals surface area contributed by atoms with Crippen LogP contribution in [0.3, 0.4) is 0 Å². The van der Waals surface area contributed by atoms with E-state index in [9.17, 15) is 19.5 Å². The molecule has 7 heteroatoms. The van der Waals surface area contributed by atoms with Crippen molar-refractivity contribution in [1.82, 2.24) is 10.2 Å². The Labute approximate surface area is 157 Å². The Balaban J connectivity index is 1.61. The molecule has 2 unspecified atom stereocenters. The molecule has 27 heavy (non-hydrogen) atoms. The third-order valence-electron chi connectivity index (χ3n) is 5.01. The fourth-order valence-electron chi connectivity index (χ4n) is 3.21. The van der Waals surface area contributed by atoms with Gasteiger partial charge < -0.3 is 19.7 Å². The second-order valence-electron chi connectivity index (χ2n) is 6.98. The fraction of sp³-hybridized carbons (Fsp3) is 0.350. The SMILES string of the molecule is CC(CNC(=O)C1CC(=O)N(Cc2ccco2)C1)(C(=O)O)c1ccccc1. The minimum absolute atomic E-state index is 0.0476. The zero-order valence-corrected chi connectivity index (χ0v) is 15.1. The number of rotatable bonds is 7. The van der Waals surface area contributed by atoms with Crippen LogP contribution in [0.25, 0.3) is 0 Å². The van der Waals surface area contributed by atoms with Gasteiger partial charge in [-0.1, -0.05) is 30.3 Å². The summed E-state index contributed by atoms with van der Waals surface area (Å²) in [7, 11) is 0. The van der Waals surface area contributed by atoms with Crippen molar-refractivity contribution in [2.24, 2.45) is 5.92 Å². The van der Waals surface area contributed by atoms with Gasteiger partial charge in [-0.3, -0.25) is 14.4 Å². The minimum Gasteiger partial charge on any atom is -0.481 e. The molecule has 2 amide bonds. The van der Waals surface area contributed by atoms with E-state index in [0.717, 1.165) is 0 Å². The molecule has 2 aromatic rings. The lowest BCUT2D eigenvalue weighted by Gasteiger charge is -2.26. The number of benzene rings is 1. The molecule has 2 heterocycles. The summed E-state index contributed by atoms with van der Waals surface area (Å²) < 4.78 is 5.25. The van der Waals surface area contributed by atoms with Gasteiger partial charge in [0.05, 0.1) is 18.7 Å². The predicted molar refractivity (Wildman–Crippen MR) is 96.7 cm³/mol. The van der Waals surface area contributed by atoms with Gasteiger partial charge >= 0.3 is 5.97 Å². The summed E-state index contributed by atoms with van der Waals surface area (Å²) in [5.74, 6) is -1.28. The van der Waals surface area contributed by atoms with Crippen LogP contribution < -0.4 is 5.32 Å². The van der Waals surface area contributed by atoms with E-state index < -0.39 is 17.3 Å². The molecule has 1 fully saturated rings. The average Bonchev–Trinajstić information content (AvgIpc) is 3.30. The van der Waals surface area contributed by atoms with E-state index in [1.54, 1.807) is 48.2 Å². The lowest BCUT2D eigenvalue weighted by atomic mass is 9.82. The van der Waals surface area contributed by atoms with Crippen LogP contribution in [0.15, 0.2) is 53.1 Å². The molecule has 0 bridgehead atoms. The highest BCUT2D eigenvalue weighted by Gasteiger charge is 2.38. The van der Waals surface area contributed by atoms with Crippen molar-refractivity contribution >= 4 is 17.8 Å². The van der Waals surface area contributed by atoms with Gasteiger partial charge in [0.1, 0.15) is 11.2 Å². The fourth-order valence-corrected chi connectivity index (χ4v) is 3.21. The summed E-state index contributed by atoms with van der Waals surface area (Å²) >= 11 is 0. The van der Waals surface area contributed by atoms with Gasteiger partial charge in [-0.15, -0.1) is 0 Å². The van der Waals surface area contributed by atoms with Crippen LogP contribution in [0, 0.1) is 5.92 Å². The van der Waals surface area contributed by atoms with Gasteiger partial charge in [0.2, 0.25) is 11.8 Å². The van der Waals surface area contributed by atoms with Crippen molar-refractivity contribution in [2.75, 3.05) is 13.1 Å². The van der Waals surface area contributed by atoms with Crippen molar-refractivity contribution in [3.05, 3.63) is 60.1 Å². The Morgan fingerprint density at radius 1 is 1.26 bits per heavy atom. The first-order chi connectivity index (χ1) is 12.9. The molecule has 1 aromatic heterocycles. The number of nitrogens with one attached hydrogen (secondary N) is 1. The lowest BCUT2D eigenvalue weighted by Crippen LogP contribution is -2.46. The standard InChI is InChI=1S/C20H22N2O5/c1-20(19(25)26,15-6-3-2-4-7-15)13-21-18(24)14-10-17(23)22(11-14)12-16-8-5-9-27-16/h2-9,14H,10-13H2,1H3,(H,21,24)(H,25,26). The zero-order valence-electron chi connectivity index (χ0n) is 15.1. The van der Waals surface area contributed by atoms with E-state index in [1.165, 1.54) is 6.26 Å². The van der Waals surface area contributed by atoms with Gasteiger partial charge in [0.15, 0.2) is 0 Å². The maximum absolute atomic E-state index is 12.5. The first-order valence-electron chi connectivity index (χ1n) is 8.77. The lowest BCUT2D eigenvalue weighted by molar-refractivity contribution is -0.143. The second-order valence-corrected chi connectivity index (χ2v) is 6.98. The van der Waals surface area contributed by atoms with Crippen LogP contribution in [-0.2, 0) is 26.3 Å². The maximum Gasteiger partial charge on any atom is 0.315 e. The molecule has 1 aromatic carbocycles. The molecule has 3 rings (SSSR count). The molecule has 1 aliphatic heterocycles. The van der Waals surface area contributed by atoms with Gasteiger partial charge in [0, 0.05) is 19.5 Å². The normalized spacial score (nSPS) is 18.9. The minimum atomic E-state index is -1.24. The monoisotopic (exact) mass is 370 g/mol. The van der Waals surface area contributed by atoms with Crippen LogP contribution >= 0.6 is 0 Å². The number of carbonyl (C=O) groups excluding carboxylic acids is 2. The van der Waals surface area contributed by atoms with E-state index in [4.69, 9.17) is 4.42 Å². The molecule has 142 valence electrons. The summed E-state index contributed by atoms with van der Waals surface area (Å²) in [5.41, 5.74) is -0.632. The van der Waals surface area contributed by atoms with E-state index in [-0.39, 0.29) is 24.8 Å². The molecule has 2 N–H and O–H groups in total. The number of likely N-dealkylation sites (tertiary alicyclic amines) is 1. The van der Waals surface area contributed by atoms with E-state index in [2.05, 4.69) is 5.32 Å². The summed E-state index contributed by atoms with van der Waals surface area (Å²) in [4.78, 5) is 38.1. The number of nitrogens with zero attached hydrogens (tertiary/aromatic N) is 1. The Morgan fingerprint density at radius 2 is 2.00 bits per heavy atom. The highest BCUT2D eigenvalue weighted by molar-refractivity contribution is 5.90. The van der Waals surface area contributed by atoms with Crippen molar-refractivity contribution in [2.45, 2.75) is 25.3 Å².